The molecule has 0 radical (unpaired) electrons. The lowest BCUT2D eigenvalue weighted by Crippen LogP contribution is -2.43. The molecule has 2 rings (SSSR count). The summed E-state index contributed by atoms with van der Waals surface area (Å²) in [6.45, 7) is 2.27. The van der Waals surface area contributed by atoms with Gasteiger partial charge in [0, 0.05) is 20.0 Å². The summed E-state index contributed by atoms with van der Waals surface area (Å²) in [7, 11) is 1.55. The molecule has 122 valence electrons. The predicted molar refractivity (Wildman–Crippen MR) is 79.4 cm³/mol. The van der Waals surface area contributed by atoms with E-state index < -0.39 is 17.4 Å². The Morgan fingerprint density at radius 1 is 1.45 bits per heavy atom. The van der Waals surface area contributed by atoms with Crippen molar-refractivity contribution in [3.8, 4) is 0 Å². The lowest BCUT2D eigenvalue weighted by Gasteiger charge is -2.37. The maximum Gasteiger partial charge on any atom is 0.310 e. The molecule has 1 fully saturated rings. The molecule has 0 bridgehead atoms. The van der Waals surface area contributed by atoms with E-state index in [1.54, 1.807) is 7.11 Å². The minimum atomic E-state index is -0.889. The number of aryl methyl sites for hydroxylation is 1. The van der Waals surface area contributed by atoms with Gasteiger partial charge in [0.05, 0.1) is 12.0 Å². The summed E-state index contributed by atoms with van der Waals surface area (Å²) < 4.78 is 10.8. The summed E-state index contributed by atoms with van der Waals surface area (Å²) in [5.74, 6) is 0.304. The second-order valence-corrected chi connectivity index (χ2v) is 5.85. The first-order chi connectivity index (χ1) is 10.5. The van der Waals surface area contributed by atoms with Crippen LogP contribution in [0.3, 0.4) is 0 Å². The predicted octanol–water partition coefficient (Wildman–Crippen LogP) is 2.29. The monoisotopic (exact) mass is 309 g/mol. The van der Waals surface area contributed by atoms with Crippen LogP contribution in [0.15, 0.2) is 16.5 Å². The van der Waals surface area contributed by atoms with Gasteiger partial charge in [0.25, 0.3) is 0 Å². The van der Waals surface area contributed by atoms with Crippen molar-refractivity contribution in [2.24, 2.45) is 5.41 Å². The molecule has 0 aromatic carbocycles. The molecule has 1 unspecified atom stereocenters. The average Bonchev–Trinajstić information content (AvgIpc) is 2.91. The first-order valence-corrected chi connectivity index (χ1v) is 7.61. The number of furan rings is 1. The molecule has 1 amide bonds. The van der Waals surface area contributed by atoms with Crippen molar-refractivity contribution in [3.05, 3.63) is 23.7 Å². The van der Waals surface area contributed by atoms with Gasteiger partial charge in [0.15, 0.2) is 0 Å². The molecule has 0 aliphatic heterocycles. The minimum absolute atomic E-state index is 0.00386. The van der Waals surface area contributed by atoms with E-state index in [4.69, 9.17) is 9.15 Å². The molecule has 1 atom stereocenters. The van der Waals surface area contributed by atoms with Crippen molar-refractivity contribution >= 4 is 11.9 Å². The number of carbonyl (C=O) groups is 2. The third-order valence-electron chi connectivity index (χ3n) is 4.31. The maximum absolute atomic E-state index is 12.2. The molecule has 6 nitrogen and oxygen atoms in total. The van der Waals surface area contributed by atoms with E-state index in [-0.39, 0.29) is 18.9 Å². The van der Waals surface area contributed by atoms with Gasteiger partial charge in [-0.05, 0) is 25.0 Å². The van der Waals surface area contributed by atoms with E-state index in [9.17, 15) is 14.7 Å². The Morgan fingerprint density at radius 3 is 2.64 bits per heavy atom. The molecular weight excluding hydrogens is 286 g/mol. The van der Waals surface area contributed by atoms with Crippen LogP contribution < -0.4 is 5.32 Å². The third-order valence-corrected chi connectivity index (χ3v) is 4.31. The Hall–Kier alpha value is -1.82. The summed E-state index contributed by atoms with van der Waals surface area (Å²) in [6, 6.07) is 3.29. The maximum atomic E-state index is 12.2. The van der Waals surface area contributed by atoms with Gasteiger partial charge in [-0.25, -0.2) is 0 Å². The number of carbonyl (C=O) groups excluding carboxylic acids is 1. The summed E-state index contributed by atoms with van der Waals surface area (Å²) >= 11 is 0. The fourth-order valence-electron chi connectivity index (χ4n) is 2.76. The fourth-order valence-corrected chi connectivity index (χ4v) is 2.76. The number of carboxylic acid groups (broad SMARTS) is 1. The van der Waals surface area contributed by atoms with Gasteiger partial charge in [0.2, 0.25) is 5.91 Å². The van der Waals surface area contributed by atoms with Gasteiger partial charge in [-0.1, -0.05) is 13.3 Å². The third kappa shape index (κ3) is 3.50. The molecule has 6 heteroatoms. The molecule has 2 N–H and O–H groups in total. The van der Waals surface area contributed by atoms with Crippen LogP contribution in [-0.2, 0) is 20.7 Å². The van der Waals surface area contributed by atoms with Crippen LogP contribution in [-0.4, -0.2) is 30.7 Å². The highest BCUT2D eigenvalue weighted by atomic mass is 16.5. The van der Waals surface area contributed by atoms with Crippen molar-refractivity contribution in [2.75, 3.05) is 13.7 Å². The molecular formula is C16H23NO5. The van der Waals surface area contributed by atoms with E-state index in [0.29, 0.717) is 18.6 Å². The largest absolute Gasteiger partial charge is 0.481 e. The van der Waals surface area contributed by atoms with Gasteiger partial charge >= 0.3 is 5.97 Å². The number of ether oxygens (including phenoxy) is 1. The zero-order valence-corrected chi connectivity index (χ0v) is 13.1. The number of methoxy groups -OCH3 is 1. The van der Waals surface area contributed by atoms with Gasteiger partial charge in [-0.2, -0.15) is 0 Å². The average molecular weight is 309 g/mol. The van der Waals surface area contributed by atoms with Crippen LogP contribution in [0.25, 0.3) is 0 Å². The number of amides is 1. The minimum Gasteiger partial charge on any atom is -0.481 e. The Labute approximate surface area is 129 Å². The number of hydrogen-bond donors (Lipinski definition) is 2. The van der Waals surface area contributed by atoms with E-state index in [1.807, 2.05) is 19.1 Å². The number of carboxylic acids is 1. The summed E-state index contributed by atoms with van der Waals surface area (Å²) in [6.07, 6.45) is 2.76. The molecule has 1 aliphatic rings. The molecule has 22 heavy (non-hydrogen) atoms. The highest BCUT2D eigenvalue weighted by Crippen LogP contribution is 2.44. The number of rotatable bonds is 8. The van der Waals surface area contributed by atoms with Crippen molar-refractivity contribution in [1.29, 1.82) is 0 Å². The molecule has 1 aromatic rings. The van der Waals surface area contributed by atoms with Crippen molar-refractivity contribution in [3.63, 3.8) is 0 Å². The van der Waals surface area contributed by atoms with E-state index in [0.717, 1.165) is 18.6 Å². The molecule has 1 heterocycles. The number of aliphatic carboxylic acids is 1. The smallest absolute Gasteiger partial charge is 0.310 e. The standard InChI is InChI=1S/C16H23NO5/c1-3-11-5-6-13(22-11)12(10-21-2)17-14(18)9-16(15(19)20)7-4-8-16/h5-6,12H,3-4,7-10H2,1-2H3,(H,17,18)(H,19,20). The van der Waals surface area contributed by atoms with Crippen LogP contribution in [0.1, 0.15) is 50.2 Å². The zero-order valence-electron chi connectivity index (χ0n) is 13.1. The summed E-state index contributed by atoms with van der Waals surface area (Å²) in [4.78, 5) is 23.6. The molecule has 1 saturated carbocycles. The lowest BCUT2D eigenvalue weighted by molar-refractivity contribution is -0.157. The normalized spacial score (nSPS) is 17.5. The van der Waals surface area contributed by atoms with Crippen LogP contribution in [0.2, 0.25) is 0 Å². The van der Waals surface area contributed by atoms with E-state index in [2.05, 4.69) is 5.32 Å². The lowest BCUT2D eigenvalue weighted by atomic mass is 9.66. The van der Waals surface area contributed by atoms with Crippen molar-refractivity contribution in [2.45, 2.75) is 45.1 Å². The Bertz CT molecular complexity index is 532. The second kappa shape index (κ2) is 6.96. The van der Waals surface area contributed by atoms with Crippen LogP contribution in [0, 0.1) is 5.41 Å². The molecule has 0 spiro atoms. The fraction of sp³-hybridized carbons (Fsp3) is 0.625. The highest BCUT2D eigenvalue weighted by molar-refractivity contribution is 5.85. The van der Waals surface area contributed by atoms with Gasteiger partial charge in [-0.15, -0.1) is 0 Å². The highest BCUT2D eigenvalue weighted by Gasteiger charge is 2.46. The SMILES string of the molecule is CCc1ccc(C(COC)NC(=O)CC2(C(=O)O)CCC2)o1. The number of nitrogens with one attached hydrogen (secondary N) is 1. The topological polar surface area (TPSA) is 88.8 Å². The summed E-state index contributed by atoms with van der Waals surface area (Å²) in [5.41, 5.74) is -0.889. The Balaban J connectivity index is 2.01. The quantitative estimate of drug-likeness (QED) is 0.769. The van der Waals surface area contributed by atoms with Gasteiger partial charge in [0.1, 0.15) is 17.6 Å². The Kier molecular flexibility index (Phi) is 5.24. The zero-order chi connectivity index (χ0) is 16.2. The van der Waals surface area contributed by atoms with E-state index >= 15 is 0 Å². The van der Waals surface area contributed by atoms with Gasteiger partial charge < -0.3 is 19.6 Å². The van der Waals surface area contributed by atoms with Crippen LogP contribution in [0.4, 0.5) is 0 Å². The summed E-state index contributed by atoms with van der Waals surface area (Å²) in [5, 5.41) is 12.1. The second-order valence-electron chi connectivity index (χ2n) is 5.85. The molecule has 1 aromatic heterocycles. The first kappa shape index (κ1) is 16.5. The number of hydrogen-bond acceptors (Lipinski definition) is 4. The van der Waals surface area contributed by atoms with Crippen LogP contribution in [0.5, 0.6) is 0 Å². The molecule has 0 saturated heterocycles. The van der Waals surface area contributed by atoms with E-state index in [1.165, 1.54) is 0 Å². The van der Waals surface area contributed by atoms with Crippen molar-refractivity contribution < 1.29 is 23.8 Å². The van der Waals surface area contributed by atoms with Crippen LogP contribution >= 0.6 is 0 Å². The first-order valence-electron chi connectivity index (χ1n) is 7.61. The Morgan fingerprint density at radius 2 is 2.18 bits per heavy atom. The van der Waals surface area contributed by atoms with Crippen molar-refractivity contribution in [1.82, 2.24) is 5.32 Å². The van der Waals surface area contributed by atoms with Gasteiger partial charge in [-0.3, -0.25) is 9.59 Å². The molecule has 1 aliphatic carbocycles.